The van der Waals surface area contributed by atoms with Gasteiger partial charge in [0.2, 0.25) is 0 Å². The third-order valence-electron chi connectivity index (χ3n) is 6.48. The third-order valence-corrected chi connectivity index (χ3v) is 7.62. The van der Waals surface area contributed by atoms with Crippen LogP contribution in [-0.2, 0) is 19.4 Å². The van der Waals surface area contributed by atoms with Crippen molar-refractivity contribution < 1.29 is 5.11 Å². The van der Waals surface area contributed by atoms with Gasteiger partial charge in [0, 0.05) is 43.2 Å². The summed E-state index contributed by atoms with van der Waals surface area (Å²) in [6, 6.07) is 1.20. The van der Waals surface area contributed by atoms with Crippen LogP contribution in [0.25, 0.3) is 0 Å². The number of aromatic nitrogens is 1. The Hall–Kier alpha value is -0.530. The van der Waals surface area contributed by atoms with Gasteiger partial charge in [0.1, 0.15) is 5.01 Å². The number of aliphatic hydroxyl groups is 1. The zero-order chi connectivity index (χ0) is 17.9. The molecule has 0 saturated carbocycles. The molecule has 1 N–H and O–H groups in total. The Morgan fingerprint density at radius 3 is 2.69 bits per heavy atom. The van der Waals surface area contributed by atoms with E-state index in [0.29, 0.717) is 18.7 Å². The van der Waals surface area contributed by atoms with E-state index in [1.807, 2.05) is 11.3 Å². The smallest absolute Gasteiger partial charge is 0.107 e. The monoisotopic (exact) mass is 378 g/mol. The summed E-state index contributed by atoms with van der Waals surface area (Å²) in [4.78, 5) is 14.2. The molecule has 2 fully saturated rings. The molecular weight excluding hydrogens is 344 g/mol. The van der Waals surface area contributed by atoms with E-state index in [1.165, 1.54) is 62.3 Å². The predicted molar refractivity (Wildman–Crippen MR) is 107 cm³/mol. The number of aryl methyl sites for hydroxylation is 2. The maximum absolute atomic E-state index is 9.60. The average Bonchev–Trinajstić information content (AvgIpc) is 3.05. The number of thiazole rings is 1. The largest absolute Gasteiger partial charge is 0.396 e. The number of piperazine rings is 1. The molecule has 5 nitrogen and oxygen atoms in total. The SMILES string of the molecule is CN1CCC(N2CCN(Cc3nc4c(s3)CCCC4)C[C@@H]2CCO)CC1. The summed E-state index contributed by atoms with van der Waals surface area (Å²) >= 11 is 1.95. The summed E-state index contributed by atoms with van der Waals surface area (Å²) in [5, 5.41) is 10.9. The lowest BCUT2D eigenvalue weighted by atomic mass is 9.98. The highest BCUT2D eigenvalue weighted by molar-refractivity contribution is 7.11. The van der Waals surface area contributed by atoms with E-state index in [-0.39, 0.29) is 0 Å². The molecular formula is C20H34N4OS. The fraction of sp³-hybridized carbons (Fsp3) is 0.850. The summed E-state index contributed by atoms with van der Waals surface area (Å²) in [7, 11) is 2.23. The first kappa shape index (κ1) is 18.8. The number of nitrogens with zero attached hydrogens (tertiary/aromatic N) is 4. The van der Waals surface area contributed by atoms with Crippen LogP contribution in [0.4, 0.5) is 0 Å². The summed E-state index contributed by atoms with van der Waals surface area (Å²) in [5.41, 5.74) is 1.38. The summed E-state index contributed by atoms with van der Waals surface area (Å²) in [5.74, 6) is 0. The van der Waals surface area contributed by atoms with E-state index in [0.717, 1.165) is 32.6 Å². The first-order valence-corrected chi connectivity index (χ1v) is 11.3. The van der Waals surface area contributed by atoms with Crippen molar-refractivity contribution in [3.8, 4) is 0 Å². The zero-order valence-electron chi connectivity index (χ0n) is 16.2. The van der Waals surface area contributed by atoms with Crippen molar-refractivity contribution in [3.05, 3.63) is 15.6 Å². The van der Waals surface area contributed by atoms with E-state index in [2.05, 4.69) is 21.7 Å². The number of rotatable bonds is 5. The Balaban J connectivity index is 1.37. The Bertz CT molecular complexity index is 561. The molecule has 0 amide bonds. The van der Waals surface area contributed by atoms with Gasteiger partial charge in [0.25, 0.3) is 0 Å². The molecule has 1 aromatic heterocycles. The van der Waals surface area contributed by atoms with E-state index in [9.17, 15) is 5.11 Å². The lowest BCUT2D eigenvalue weighted by molar-refractivity contribution is 0.00597. The Kier molecular flexibility index (Phi) is 6.26. The third kappa shape index (κ3) is 4.30. The molecule has 0 spiro atoms. The van der Waals surface area contributed by atoms with E-state index < -0.39 is 0 Å². The number of piperidine rings is 1. The average molecular weight is 379 g/mol. The molecule has 0 bridgehead atoms. The van der Waals surface area contributed by atoms with Crippen LogP contribution >= 0.6 is 11.3 Å². The summed E-state index contributed by atoms with van der Waals surface area (Å²) in [6.45, 7) is 7.08. The predicted octanol–water partition coefficient (Wildman–Crippen LogP) is 1.98. The Morgan fingerprint density at radius 1 is 1.12 bits per heavy atom. The fourth-order valence-electron chi connectivity index (χ4n) is 4.96. The highest BCUT2D eigenvalue weighted by Crippen LogP contribution is 2.29. The van der Waals surface area contributed by atoms with Crippen LogP contribution in [0.5, 0.6) is 0 Å². The van der Waals surface area contributed by atoms with Crippen LogP contribution < -0.4 is 0 Å². The minimum Gasteiger partial charge on any atom is -0.396 e. The lowest BCUT2D eigenvalue weighted by Crippen LogP contribution is -2.58. The Labute approximate surface area is 162 Å². The maximum atomic E-state index is 9.60. The van der Waals surface area contributed by atoms with Crippen LogP contribution in [0.2, 0.25) is 0 Å². The number of fused-ring (bicyclic) bond motifs is 1. The van der Waals surface area contributed by atoms with E-state index >= 15 is 0 Å². The van der Waals surface area contributed by atoms with Gasteiger partial charge in [-0.3, -0.25) is 9.80 Å². The fourth-order valence-corrected chi connectivity index (χ4v) is 6.15. The maximum Gasteiger partial charge on any atom is 0.107 e. The van der Waals surface area contributed by atoms with Gasteiger partial charge in [-0.1, -0.05) is 0 Å². The Morgan fingerprint density at radius 2 is 1.92 bits per heavy atom. The van der Waals surface area contributed by atoms with Crippen LogP contribution in [-0.4, -0.2) is 83.3 Å². The quantitative estimate of drug-likeness (QED) is 0.849. The van der Waals surface area contributed by atoms with Crippen LogP contribution in [0.3, 0.4) is 0 Å². The highest BCUT2D eigenvalue weighted by Gasteiger charge is 2.33. The molecule has 1 atom stereocenters. The second-order valence-corrected chi connectivity index (χ2v) is 9.53. The molecule has 1 aromatic rings. The highest BCUT2D eigenvalue weighted by atomic mass is 32.1. The molecule has 0 radical (unpaired) electrons. The first-order chi connectivity index (χ1) is 12.7. The molecule has 0 aromatic carbocycles. The van der Waals surface area contributed by atoms with Gasteiger partial charge in [-0.05, 0) is 65.1 Å². The minimum absolute atomic E-state index is 0.299. The van der Waals surface area contributed by atoms with Gasteiger partial charge in [0.15, 0.2) is 0 Å². The zero-order valence-corrected chi connectivity index (χ0v) is 17.0. The first-order valence-electron chi connectivity index (χ1n) is 10.5. The number of aliphatic hydroxyl groups excluding tert-OH is 1. The van der Waals surface area contributed by atoms with Crippen molar-refractivity contribution in [2.75, 3.05) is 46.4 Å². The van der Waals surface area contributed by atoms with Crippen LogP contribution in [0, 0.1) is 0 Å². The van der Waals surface area contributed by atoms with Crippen molar-refractivity contribution in [1.29, 1.82) is 0 Å². The molecule has 2 saturated heterocycles. The minimum atomic E-state index is 0.299. The molecule has 3 heterocycles. The molecule has 4 rings (SSSR count). The molecule has 6 heteroatoms. The van der Waals surface area contributed by atoms with Crippen molar-refractivity contribution >= 4 is 11.3 Å². The number of likely N-dealkylation sites (tertiary alicyclic amines) is 1. The van der Waals surface area contributed by atoms with Gasteiger partial charge in [-0.15, -0.1) is 11.3 Å². The van der Waals surface area contributed by atoms with Crippen molar-refractivity contribution in [1.82, 2.24) is 19.7 Å². The lowest BCUT2D eigenvalue weighted by Gasteiger charge is -2.47. The van der Waals surface area contributed by atoms with Gasteiger partial charge < -0.3 is 10.0 Å². The molecule has 3 aliphatic rings. The summed E-state index contributed by atoms with van der Waals surface area (Å²) < 4.78 is 0. The topological polar surface area (TPSA) is 42.8 Å². The van der Waals surface area contributed by atoms with Crippen molar-refractivity contribution in [3.63, 3.8) is 0 Å². The number of hydrogen-bond acceptors (Lipinski definition) is 6. The normalized spacial score (nSPS) is 26.9. The molecule has 26 heavy (non-hydrogen) atoms. The van der Waals surface area contributed by atoms with Gasteiger partial charge >= 0.3 is 0 Å². The van der Waals surface area contributed by atoms with Gasteiger partial charge in [-0.2, -0.15) is 0 Å². The van der Waals surface area contributed by atoms with E-state index in [4.69, 9.17) is 4.98 Å². The van der Waals surface area contributed by atoms with Gasteiger partial charge in [0.05, 0.1) is 12.2 Å². The second-order valence-electron chi connectivity index (χ2n) is 8.36. The van der Waals surface area contributed by atoms with Gasteiger partial charge in [-0.25, -0.2) is 4.98 Å². The number of hydrogen-bond donors (Lipinski definition) is 1. The van der Waals surface area contributed by atoms with Crippen LogP contribution in [0.1, 0.15) is 47.7 Å². The van der Waals surface area contributed by atoms with Crippen molar-refractivity contribution in [2.45, 2.75) is 63.6 Å². The van der Waals surface area contributed by atoms with Crippen LogP contribution in [0.15, 0.2) is 0 Å². The summed E-state index contributed by atoms with van der Waals surface area (Å²) in [6.07, 6.45) is 8.52. The van der Waals surface area contributed by atoms with E-state index in [1.54, 1.807) is 4.88 Å². The molecule has 1 aliphatic carbocycles. The second kappa shape index (κ2) is 8.65. The molecule has 2 aliphatic heterocycles. The molecule has 0 unspecified atom stereocenters. The molecule has 146 valence electrons. The van der Waals surface area contributed by atoms with Crippen molar-refractivity contribution in [2.24, 2.45) is 0 Å². The standard InChI is InChI=1S/C20H34N4OS/c1-22-9-6-16(7-10-22)24-12-11-23(14-17(24)8-13-25)15-20-21-18-4-2-3-5-19(18)26-20/h16-17,25H,2-15H2,1H3/t17-/m0/s1.